The second kappa shape index (κ2) is 11.3. The number of carbonyl (C=O) groups excluding carboxylic acids is 2. The molecule has 3 aliphatic carbocycles. The fourth-order valence-electron chi connectivity index (χ4n) is 7.04. The van der Waals surface area contributed by atoms with Gasteiger partial charge in [-0.2, -0.15) is 4.68 Å². The first-order valence-corrected chi connectivity index (χ1v) is 14.8. The van der Waals surface area contributed by atoms with Crippen molar-refractivity contribution >= 4 is 35.5 Å². The third-order valence-electron chi connectivity index (χ3n) is 9.49. The highest BCUT2D eigenvalue weighted by Gasteiger charge is 2.54. The van der Waals surface area contributed by atoms with Crippen LogP contribution in [0.3, 0.4) is 0 Å². The molecule has 7 rings (SSSR count). The quantitative estimate of drug-likeness (QED) is 0.391. The lowest BCUT2D eigenvalue weighted by Crippen LogP contribution is -2.63. The molecule has 0 unspecified atom stereocenters. The Morgan fingerprint density at radius 1 is 1.02 bits per heavy atom. The molecule has 0 radical (unpaired) electrons. The minimum atomic E-state index is -0.731. The van der Waals surface area contributed by atoms with Gasteiger partial charge in [-0.25, -0.2) is 0 Å². The number of benzene rings is 2. The van der Waals surface area contributed by atoms with E-state index in [2.05, 4.69) is 20.8 Å². The number of fused-ring (bicyclic) bond motifs is 3. The predicted molar refractivity (Wildman–Crippen MR) is 156 cm³/mol. The number of hydrogen-bond acceptors (Lipinski definition) is 6. The topological polar surface area (TPSA) is 130 Å². The molecule has 2 heterocycles. The van der Waals surface area contributed by atoms with E-state index in [1.165, 1.54) is 17.1 Å². The zero-order valence-corrected chi connectivity index (χ0v) is 23.9. The van der Waals surface area contributed by atoms with E-state index >= 15 is 0 Å². The first kappa shape index (κ1) is 28.1. The molecule has 218 valence electrons. The van der Waals surface area contributed by atoms with Crippen LogP contribution in [0, 0.1) is 5.41 Å². The van der Waals surface area contributed by atoms with E-state index in [0.29, 0.717) is 61.3 Å². The molecule has 4 aliphatic rings. The molecule has 1 saturated heterocycles. The van der Waals surface area contributed by atoms with Crippen LogP contribution >= 0.6 is 11.6 Å². The van der Waals surface area contributed by atoms with Crippen LogP contribution in [-0.2, 0) is 14.4 Å². The Bertz CT molecular complexity index is 1480. The third-order valence-corrected chi connectivity index (χ3v) is 9.72. The van der Waals surface area contributed by atoms with Crippen LogP contribution in [0.2, 0.25) is 5.02 Å². The maximum Gasteiger partial charge on any atom is 0.309 e. The average molecular weight is 589 g/mol. The smallest absolute Gasteiger partial charge is 0.309 e. The average Bonchev–Trinajstić information content (AvgIpc) is 3.55. The SMILES string of the molecule is O=C(NC12CCC(C(=O)O)(CC1)CC2)[C@@H]1[C@H](c2ccccc2)CCCN1C(=O)/C=C/c1cc(Cl)ccc1-n1cnnn1. The van der Waals surface area contributed by atoms with Crippen molar-refractivity contribution in [1.29, 1.82) is 0 Å². The van der Waals surface area contributed by atoms with Crippen molar-refractivity contribution in [2.75, 3.05) is 6.54 Å². The highest BCUT2D eigenvalue weighted by atomic mass is 35.5. The number of piperidine rings is 1. The zero-order chi connectivity index (χ0) is 29.3. The van der Waals surface area contributed by atoms with Gasteiger partial charge in [-0.3, -0.25) is 14.4 Å². The van der Waals surface area contributed by atoms with E-state index in [-0.39, 0.29) is 17.7 Å². The normalized spacial score (nSPS) is 27.2. The van der Waals surface area contributed by atoms with Crippen molar-refractivity contribution in [1.82, 2.24) is 30.4 Å². The van der Waals surface area contributed by atoms with Gasteiger partial charge in [-0.05, 0) is 91.6 Å². The molecule has 4 fully saturated rings. The van der Waals surface area contributed by atoms with E-state index in [1.54, 1.807) is 29.2 Å². The van der Waals surface area contributed by atoms with Crippen LogP contribution in [0.25, 0.3) is 11.8 Å². The summed E-state index contributed by atoms with van der Waals surface area (Å²) in [5.41, 5.74) is 1.24. The molecule has 2 amide bonds. The number of amides is 2. The van der Waals surface area contributed by atoms with Crippen LogP contribution in [-0.4, -0.2) is 66.1 Å². The van der Waals surface area contributed by atoms with Gasteiger partial charge < -0.3 is 15.3 Å². The maximum absolute atomic E-state index is 14.2. The van der Waals surface area contributed by atoms with E-state index in [9.17, 15) is 19.5 Å². The minimum Gasteiger partial charge on any atom is -0.481 e. The van der Waals surface area contributed by atoms with E-state index < -0.39 is 23.0 Å². The Hall–Kier alpha value is -4.05. The number of carboxylic acids is 1. The highest BCUT2D eigenvalue weighted by molar-refractivity contribution is 6.30. The summed E-state index contributed by atoms with van der Waals surface area (Å²) < 4.78 is 1.50. The fourth-order valence-corrected chi connectivity index (χ4v) is 7.22. The van der Waals surface area contributed by atoms with Crippen molar-refractivity contribution in [3.8, 4) is 5.69 Å². The molecule has 1 aromatic heterocycles. The van der Waals surface area contributed by atoms with Crippen LogP contribution in [0.15, 0.2) is 60.9 Å². The Labute approximate surface area is 248 Å². The van der Waals surface area contributed by atoms with Crippen molar-refractivity contribution < 1.29 is 19.5 Å². The Balaban J connectivity index is 1.28. The number of likely N-dealkylation sites (tertiary alicyclic amines) is 1. The molecule has 10 nitrogen and oxygen atoms in total. The lowest BCUT2D eigenvalue weighted by Gasteiger charge is -2.52. The largest absolute Gasteiger partial charge is 0.481 e. The monoisotopic (exact) mass is 588 g/mol. The summed E-state index contributed by atoms with van der Waals surface area (Å²) in [6.07, 6.45) is 9.76. The molecule has 2 aromatic carbocycles. The Morgan fingerprint density at radius 3 is 2.43 bits per heavy atom. The summed E-state index contributed by atoms with van der Waals surface area (Å²) in [7, 11) is 0. The number of nitrogens with one attached hydrogen (secondary N) is 1. The Kier molecular flexibility index (Phi) is 7.57. The number of carbonyl (C=O) groups is 3. The van der Waals surface area contributed by atoms with Gasteiger partial charge in [0.2, 0.25) is 11.8 Å². The lowest BCUT2D eigenvalue weighted by atomic mass is 9.57. The molecular formula is C31H33ClN6O4. The molecule has 2 N–H and O–H groups in total. The molecule has 2 bridgehead atoms. The van der Waals surface area contributed by atoms with Gasteiger partial charge in [0.25, 0.3) is 0 Å². The van der Waals surface area contributed by atoms with E-state index in [0.717, 1.165) is 18.4 Å². The maximum atomic E-state index is 14.2. The highest BCUT2D eigenvalue weighted by Crippen LogP contribution is 2.52. The van der Waals surface area contributed by atoms with E-state index in [4.69, 9.17) is 11.6 Å². The molecule has 2 atom stereocenters. The van der Waals surface area contributed by atoms with Gasteiger partial charge in [0.15, 0.2) is 0 Å². The van der Waals surface area contributed by atoms with Crippen LogP contribution in [0.1, 0.15) is 68.4 Å². The van der Waals surface area contributed by atoms with Crippen LogP contribution < -0.4 is 5.32 Å². The Morgan fingerprint density at radius 2 is 1.76 bits per heavy atom. The first-order valence-electron chi connectivity index (χ1n) is 14.4. The van der Waals surface area contributed by atoms with Gasteiger partial charge in [-0.15, -0.1) is 5.10 Å². The van der Waals surface area contributed by atoms with Crippen LogP contribution in [0.5, 0.6) is 0 Å². The van der Waals surface area contributed by atoms with Crippen molar-refractivity contribution in [3.05, 3.63) is 77.1 Å². The third kappa shape index (κ3) is 5.31. The zero-order valence-electron chi connectivity index (χ0n) is 23.2. The fraction of sp³-hybridized carbons (Fsp3) is 0.419. The van der Waals surface area contributed by atoms with Gasteiger partial charge in [0, 0.05) is 34.7 Å². The van der Waals surface area contributed by atoms with Crippen molar-refractivity contribution in [2.24, 2.45) is 5.41 Å². The van der Waals surface area contributed by atoms with Gasteiger partial charge in [0.05, 0.1) is 11.1 Å². The number of halogens is 1. The summed E-state index contributed by atoms with van der Waals surface area (Å²) in [5.74, 6) is -1.34. The number of carboxylic acid groups (broad SMARTS) is 1. The summed E-state index contributed by atoms with van der Waals surface area (Å²) in [6.45, 7) is 0.453. The number of rotatable bonds is 7. The minimum absolute atomic E-state index is 0.165. The molecule has 1 aliphatic heterocycles. The first-order chi connectivity index (χ1) is 20.3. The molecule has 42 heavy (non-hydrogen) atoms. The second-order valence-corrected chi connectivity index (χ2v) is 12.2. The standard InChI is InChI=1S/C31H33ClN6O4/c32-23-9-10-25(38-20-33-35-36-38)22(19-23)8-11-26(39)37-18-4-7-24(21-5-2-1-3-6-21)27(37)28(40)34-31-15-12-30(13-16-31,14-17-31)29(41)42/h1-3,5-6,8-11,19-20,24,27H,4,7,12-18H2,(H,34,40)(H,41,42)/b11-8+/t24-,27-,30?,31?/m0/s1. The van der Waals surface area contributed by atoms with Gasteiger partial charge >= 0.3 is 5.97 Å². The van der Waals surface area contributed by atoms with Crippen molar-refractivity contribution in [2.45, 2.75) is 68.9 Å². The van der Waals surface area contributed by atoms with Crippen LogP contribution in [0.4, 0.5) is 0 Å². The molecular weight excluding hydrogens is 556 g/mol. The van der Waals surface area contributed by atoms with Gasteiger partial charge in [0.1, 0.15) is 12.4 Å². The predicted octanol–water partition coefficient (Wildman–Crippen LogP) is 4.40. The molecule has 11 heteroatoms. The second-order valence-electron chi connectivity index (χ2n) is 11.8. The lowest BCUT2D eigenvalue weighted by molar-refractivity contribution is -0.157. The van der Waals surface area contributed by atoms with Gasteiger partial charge in [-0.1, -0.05) is 41.9 Å². The molecule has 0 spiro atoms. The number of aliphatic carboxylic acids is 1. The van der Waals surface area contributed by atoms with Crippen molar-refractivity contribution in [3.63, 3.8) is 0 Å². The number of aromatic nitrogens is 4. The number of nitrogens with zero attached hydrogens (tertiary/aromatic N) is 5. The summed E-state index contributed by atoms with van der Waals surface area (Å²) in [6, 6.07) is 14.4. The summed E-state index contributed by atoms with van der Waals surface area (Å²) in [4.78, 5) is 41.6. The molecule has 3 aromatic rings. The van der Waals surface area contributed by atoms with E-state index in [1.807, 2.05) is 30.3 Å². The summed E-state index contributed by atoms with van der Waals surface area (Å²) >= 11 is 6.27. The number of tetrazole rings is 1. The number of hydrogen-bond donors (Lipinski definition) is 2. The molecule has 3 saturated carbocycles. The summed E-state index contributed by atoms with van der Waals surface area (Å²) in [5, 5.41) is 25.0.